The molecule has 7 rings (SSSR count). The number of hydrogen-bond donors (Lipinski definition) is 2. The van der Waals surface area contributed by atoms with E-state index in [9.17, 15) is 10.2 Å². The van der Waals surface area contributed by atoms with Crippen molar-refractivity contribution in [3.05, 3.63) is 132 Å². The van der Waals surface area contributed by atoms with Crippen LogP contribution >= 0.6 is 0 Å². The number of aliphatic hydroxyl groups is 2. The van der Waals surface area contributed by atoms with Crippen molar-refractivity contribution in [1.29, 1.82) is 0 Å². The van der Waals surface area contributed by atoms with E-state index in [0.29, 0.717) is 0 Å². The summed E-state index contributed by atoms with van der Waals surface area (Å²) in [7, 11) is 0. The van der Waals surface area contributed by atoms with Crippen LogP contribution in [0.15, 0.2) is 121 Å². The standard InChI is InChI=1S/C36H26O2/c37-21-23-9-13-25(14-10-23)35-31-17-27-5-1-2-6-28(27)18-32(31)36(26-15-11-24(22-38)12-16-26)34-20-30-8-4-3-7-29(30)19-33(34)35/h1-20,37-38H,21-22H2. The second-order valence-corrected chi connectivity index (χ2v) is 9.95. The van der Waals surface area contributed by atoms with Crippen molar-refractivity contribution < 1.29 is 10.2 Å². The molecule has 2 nitrogen and oxygen atoms in total. The first kappa shape index (κ1) is 22.7. The van der Waals surface area contributed by atoms with Crippen LogP contribution in [0.5, 0.6) is 0 Å². The minimum absolute atomic E-state index is 0.0276. The van der Waals surface area contributed by atoms with Gasteiger partial charge in [-0.05, 0) is 101 Å². The zero-order chi connectivity index (χ0) is 25.6. The second-order valence-electron chi connectivity index (χ2n) is 9.95. The molecule has 0 aromatic heterocycles. The Balaban J connectivity index is 1.71. The van der Waals surface area contributed by atoms with E-state index in [-0.39, 0.29) is 13.2 Å². The number of hydrogen-bond acceptors (Lipinski definition) is 2. The molecule has 0 radical (unpaired) electrons. The molecule has 0 spiro atoms. The molecule has 0 amide bonds. The predicted molar refractivity (Wildman–Crippen MR) is 159 cm³/mol. The van der Waals surface area contributed by atoms with Crippen LogP contribution in [-0.4, -0.2) is 10.2 Å². The van der Waals surface area contributed by atoms with Crippen LogP contribution in [-0.2, 0) is 13.2 Å². The molecule has 182 valence electrons. The predicted octanol–water partition coefficient (Wildman–Crippen LogP) is 8.62. The maximum absolute atomic E-state index is 9.66. The van der Waals surface area contributed by atoms with Gasteiger partial charge in [0.15, 0.2) is 0 Å². The molecule has 7 aromatic rings. The first-order valence-electron chi connectivity index (χ1n) is 12.9. The molecule has 0 bridgehead atoms. The molecule has 2 N–H and O–H groups in total. The average molecular weight is 491 g/mol. The maximum Gasteiger partial charge on any atom is 0.0681 e. The molecule has 0 aliphatic carbocycles. The molecule has 0 aliphatic heterocycles. The lowest BCUT2D eigenvalue weighted by atomic mass is 9.83. The van der Waals surface area contributed by atoms with Crippen molar-refractivity contribution in [1.82, 2.24) is 0 Å². The Morgan fingerprint density at radius 1 is 0.368 bits per heavy atom. The number of benzene rings is 7. The SMILES string of the molecule is OCc1ccc(-c2c3cc4ccccc4cc3c(-c3ccc(CO)cc3)c3cc4ccccc4cc23)cc1. The lowest BCUT2D eigenvalue weighted by Crippen LogP contribution is -1.93. The van der Waals surface area contributed by atoms with Gasteiger partial charge in [0.1, 0.15) is 0 Å². The molecule has 38 heavy (non-hydrogen) atoms. The summed E-state index contributed by atoms with van der Waals surface area (Å²) >= 11 is 0. The van der Waals surface area contributed by atoms with Crippen molar-refractivity contribution in [2.24, 2.45) is 0 Å². The lowest BCUT2D eigenvalue weighted by molar-refractivity contribution is 0.281. The maximum atomic E-state index is 9.66. The van der Waals surface area contributed by atoms with Crippen LogP contribution in [0.3, 0.4) is 0 Å². The number of rotatable bonds is 4. The fraction of sp³-hybridized carbons (Fsp3) is 0.0556. The molecular weight excluding hydrogens is 464 g/mol. The van der Waals surface area contributed by atoms with Crippen LogP contribution in [0.2, 0.25) is 0 Å². The molecule has 0 saturated heterocycles. The topological polar surface area (TPSA) is 40.5 Å². The van der Waals surface area contributed by atoms with Gasteiger partial charge in [-0.25, -0.2) is 0 Å². The molecule has 0 unspecified atom stereocenters. The third kappa shape index (κ3) is 3.66. The van der Waals surface area contributed by atoms with Gasteiger partial charge < -0.3 is 10.2 Å². The number of aliphatic hydroxyl groups excluding tert-OH is 2. The van der Waals surface area contributed by atoms with Gasteiger partial charge in [-0.15, -0.1) is 0 Å². The van der Waals surface area contributed by atoms with Crippen LogP contribution < -0.4 is 0 Å². The van der Waals surface area contributed by atoms with Gasteiger partial charge in [-0.2, -0.15) is 0 Å². The van der Waals surface area contributed by atoms with E-state index in [1.54, 1.807) is 0 Å². The molecule has 0 saturated carbocycles. The summed E-state index contributed by atoms with van der Waals surface area (Å²) in [4.78, 5) is 0. The van der Waals surface area contributed by atoms with Crippen LogP contribution in [0.1, 0.15) is 11.1 Å². The van der Waals surface area contributed by atoms with Crippen molar-refractivity contribution in [2.45, 2.75) is 13.2 Å². The van der Waals surface area contributed by atoms with Crippen molar-refractivity contribution in [3.63, 3.8) is 0 Å². The van der Waals surface area contributed by atoms with Crippen LogP contribution in [0, 0.1) is 0 Å². The summed E-state index contributed by atoms with van der Waals surface area (Å²) in [5.41, 5.74) is 6.46. The third-order valence-corrected chi connectivity index (χ3v) is 7.70. The van der Waals surface area contributed by atoms with Gasteiger partial charge in [0.2, 0.25) is 0 Å². The molecular formula is C36H26O2. The summed E-state index contributed by atoms with van der Waals surface area (Å²) < 4.78 is 0. The molecule has 0 fully saturated rings. The number of fused-ring (bicyclic) bond motifs is 4. The minimum atomic E-state index is 0.0276. The van der Waals surface area contributed by atoms with E-state index in [0.717, 1.165) is 22.3 Å². The van der Waals surface area contributed by atoms with E-state index in [1.165, 1.54) is 54.2 Å². The summed E-state index contributed by atoms with van der Waals surface area (Å²) in [6.07, 6.45) is 0. The first-order chi connectivity index (χ1) is 18.7. The van der Waals surface area contributed by atoms with Gasteiger partial charge in [0, 0.05) is 0 Å². The Hall–Kier alpha value is -4.50. The zero-order valence-corrected chi connectivity index (χ0v) is 20.9. The summed E-state index contributed by atoms with van der Waals surface area (Å²) in [6, 6.07) is 42.9. The summed E-state index contributed by atoms with van der Waals surface area (Å²) in [6.45, 7) is 0.0552. The molecule has 7 aromatic carbocycles. The third-order valence-electron chi connectivity index (χ3n) is 7.70. The molecule has 0 atom stereocenters. The quantitative estimate of drug-likeness (QED) is 0.243. The second kappa shape index (κ2) is 9.11. The van der Waals surface area contributed by atoms with Crippen molar-refractivity contribution in [2.75, 3.05) is 0 Å². The highest BCUT2D eigenvalue weighted by Crippen LogP contribution is 2.46. The van der Waals surface area contributed by atoms with Crippen molar-refractivity contribution >= 4 is 43.1 Å². The Kier molecular flexibility index (Phi) is 5.44. The molecule has 2 heteroatoms. The van der Waals surface area contributed by atoms with E-state index >= 15 is 0 Å². The average Bonchev–Trinajstić information content (AvgIpc) is 2.98. The van der Waals surface area contributed by atoms with E-state index < -0.39 is 0 Å². The highest BCUT2D eigenvalue weighted by molar-refractivity contribution is 6.25. The summed E-state index contributed by atoms with van der Waals surface area (Å²) in [5, 5.41) is 28.9. The van der Waals surface area contributed by atoms with Gasteiger partial charge in [0.25, 0.3) is 0 Å². The zero-order valence-electron chi connectivity index (χ0n) is 20.9. The lowest BCUT2D eigenvalue weighted by Gasteiger charge is -2.20. The van der Waals surface area contributed by atoms with Crippen molar-refractivity contribution in [3.8, 4) is 22.3 Å². The smallest absolute Gasteiger partial charge is 0.0681 e. The fourth-order valence-electron chi connectivity index (χ4n) is 5.77. The Labute approximate surface area is 221 Å². The fourth-order valence-corrected chi connectivity index (χ4v) is 5.77. The highest BCUT2D eigenvalue weighted by atomic mass is 16.3. The minimum Gasteiger partial charge on any atom is -0.392 e. The van der Waals surface area contributed by atoms with Crippen LogP contribution in [0.25, 0.3) is 65.3 Å². The largest absolute Gasteiger partial charge is 0.392 e. The van der Waals surface area contributed by atoms with E-state index in [2.05, 4.69) is 97.1 Å². The Morgan fingerprint density at radius 2 is 0.658 bits per heavy atom. The van der Waals surface area contributed by atoms with Gasteiger partial charge >= 0.3 is 0 Å². The van der Waals surface area contributed by atoms with Gasteiger partial charge in [-0.3, -0.25) is 0 Å². The Morgan fingerprint density at radius 3 is 0.921 bits per heavy atom. The molecule has 0 heterocycles. The normalized spacial score (nSPS) is 11.6. The molecule has 0 aliphatic rings. The van der Waals surface area contributed by atoms with E-state index in [4.69, 9.17) is 0 Å². The first-order valence-corrected chi connectivity index (χ1v) is 12.9. The summed E-state index contributed by atoms with van der Waals surface area (Å²) in [5.74, 6) is 0. The van der Waals surface area contributed by atoms with Crippen LogP contribution in [0.4, 0.5) is 0 Å². The van der Waals surface area contributed by atoms with E-state index in [1.807, 2.05) is 24.3 Å². The Bertz CT molecular complexity index is 1730. The monoisotopic (exact) mass is 490 g/mol. The van der Waals surface area contributed by atoms with Gasteiger partial charge in [-0.1, -0.05) is 97.1 Å². The highest BCUT2D eigenvalue weighted by Gasteiger charge is 2.18. The van der Waals surface area contributed by atoms with Gasteiger partial charge in [0.05, 0.1) is 13.2 Å².